The molecule has 1 aliphatic carbocycles. The molecular weight excluding hydrogens is 419 g/mol. The molecule has 0 unspecified atom stereocenters. The van der Waals surface area contributed by atoms with Crippen LogP contribution < -0.4 is 11.1 Å². The van der Waals surface area contributed by atoms with Crippen molar-refractivity contribution < 1.29 is 0 Å². The van der Waals surface area contributed by atoms with Gasteiger partial charge in [0.1, 0.15) is 0 Å². The fourth-order valence-corrected chi connectivity index (χ4v) is 3.96. The number of unbranched alkanes of at least 4 members (excludes halogenated alkanes) is 3. The van der Waals surface area contributed by atoms with E-state index in [1.54, 1.807) is 0 Å². The van der Waals surface area contributed by atoms with Gasteiger partial charge in [-0.2, -0.15) is 0 Å². The molecule has 0 fully saturated rings. The molecule has 3 N–H and O–H groups in total. The molecule has 0 amide bonds. The second-order valence-electron chi connectivity index (χ2n) is 6.04. The fourth-order valence-electron chi connectivity index (χ4n) is 2.77. The van der Waals surface area contributed by atoms with Crippen LogP contribution in [0.1, 0.15) is 67.4 Å². The maximum Gasteiger partial charge on any atom is 0.188 e. The first kappa shape index (κ1) is 20.7. The van der Waals surface area contributed by atoms with Crippen molar-refractivity contribution in [2.45, 2.75) is 71.1 Å². The molecular formula is C17H31IN4S. The summed E-state index contributed by atoms with van der Waals surface area (Å²) in [5, 5.41) is 4.48. The van der Waals surface area contributed by atoms with Crippen LogP contribution in [0.4, 0.5) is 0 Å². The second-order valence-corrected chi connectivity index (χ2v) is 7.21. The molecule has 1 heterocycles. The van der Waals surface area contributed by atoms with Crippen molar-refractivity contribution in [1.82, 2.24) is 10.3 Å². The average molecular weight is 450 g/mol. The van der Waals surface area contributed by atoms with E-state index in [0.29, 0.717) is 5.96 Å². The lowest BCUT2D eigenvalue weighted by molar-refractivity contribution is 0.651. The number of guanidine groups is 1. The molecule has 132 valence electrons. The molecule has 23 heavy (non-hydrogen) atoms. The first-order chi connectivity index (χ1) is 10.8. The van der Waals surface area contributed by atoms with E-state index in [-0.39, 0.29) is 24.0 Å². The second kappa shape index (κ2) is 12.1. The van der Waals surface area contributed by atoms with Crippen molar-refractivity contribution in [3.8, 4) is 0 Å². The van der Waals surface area contributed by atoms with E-state index >= 15 is 0 Å². The molecule has 0 saturated heterocycles. The van der Waals surface area contributed by atoms with E-state index in [2.05, 4.69) is 17.2 Å². The van der Waals surface area contributed by atoms with Crippen LogP contribution in [0, 0.1) is 0 Å². The van der Waals surface area contributed by atoms with Crippen LogP contribution in [-0.4, -0.2) is 24.0 Å². The molecule has 0 spiro atoms. The predicted molar refractivity (Wildman–Crippen MR) is 111 cm³/mol. The van der Waals surface area contributed by atoms with Gasteiger partial charge in [0.15, 0.2) is 5.96 Å². The molecule has 0 aliphatic heterocycles. The van der Waals surface area contributed by atoms with Crippen molar-refractivity contribution in [3.63, 3.8) is 0 Å². The Morgan fingerprint density at radius 3 is 2.83 bits per heavy atom. The summed E-state index contributed by atoms with van der Waals surface area (Å²) in [7, 11) is 0. The van der Waals surface area contributed by atoms with Crippen LogP contribution in [0.5, 0.6) is 0 Å². The Kier molecular flexibility index (Phi) is 10.8. The zero-order valence-electron chi connectivity index (χ0n) is 14.3. The Balaban J connectivity index is 0.00000264. The summed E-state index contributed by atoms with van der Waals surface area (Å²) in [6.45, 7) is 3.95. The third-order valence-electron chi connectivity index (χ3n) is 4.06. The number of hydrogen-bond acceptors (Lipinski definition) is 3. The minimum absolute atomic E-state index is 0. The van der Waals surface area contributed by atoms with E-state index in [4.69, 9.17) is 10.7 Å². The molecule has 0 aromatic carbocycles. The van der Waals surface area contributed by atoms with E-state index in [1.807, 2.05) is 11.3 Å². The highest BCUT2D eigenvalue weighted by atomic mass is 127. The van der Waals surface area contributed by atoms with E-state index in [0.717, 1.165) is 25.9 Å². The zero-order valence-corrected chi connectivity index (χ0v) is 17.4. The van der Waals surface area contributed by atoms with Crippen LogP contribution in [-0.2, 0) is 19.3 Å². The number of rotatable bonds is 9. The molecule has 4 nitrogen and oxygen atoms in total. The standard InChI is InChI=1S/C17H30N4S.HI/c1-2-3-4-7-12-19-17(18)20-13-8-11-16-21-14-9-5-6-10-15(14)22-16;/h2-13H2,1H3,(H3,18,19,20);1H. The number of aliphatic imine (C=N–C) groups is 1. The van der Waals surface area contributed by atoms with Crippen LogP contribution in [0.15, 0.2) is 4.99 Å². The number of halogens is 1. The van der Waals surface area contributed by atoms with Crippen molar-refractivity contribution in [3.05, 3.63) is 15.6 Å². The SMILES string of the molecule is CCCCCCNC(N)=NCCCc1nc2c(s1)CCCC2.I. The van der Waals surface area contributed by atoms with E-state index in [9.17, 15) is 0 Å². The molecule has 0 bridgehead atoms. The number of nitrogens with zero attached hydrogens (tertiary/aromatic N) is 2. The molecule has 1 aromatic heterocycles. The minimum Gasteiger partial charge on any atom is -0.370 e. The summed E-state index contributed by atoms with van der Waals surface area (Å²) in [4.78, 5) is 10.7. The lowest BCUT2D eigenvalue weighted by atomic mass is 10.0. The van der Waals surface area contributed by atoms with Crippen LogP contribution in [0.2, 0.25) is 0 Å². The molecule has 1 aliphatic rings. The third kappa shape index (κ3) is 7.83. The van der Waals surface area contributed by atoms with Gasteiger partial charge < -0.3 is 11.1 Å². The highest BCUT2D eigenvalue weighted by Gasteiger charge is 2.14. The zero-order chi connectivity index (χ0) is 15.6. The quantitative estimate of drug-likeness (QED) is 0.258. The molecule has 6 heteroatoms. The van der Waals surface area contributed by atoms with Gasteiger partial charge in [0.25, 0.3) is 0 Å². The van der Waals surface area contributed by atoms with Crippen molar-refractivity contribution in [2.75, 3.05) is 13.1 Å². The highest BCUT2D eigenvalue weighted by molar-refractivity contribution is 14.0. The molecule has 0 radical (unpaired) electrons. The number of fused-ring (bicyclic) bond motifs is 1. The number of thiazole rings is 1. The maximum absolute atomic E-state index is 5.87. The average Bonchev–Trinajstić information content (AvgIpc) is 2.94. The van der Waals surface area contributed by atoms with Gasteiger partial charge in [-0.3, -0.25) is 4.99 Å². The van der Waals surface area contributed by atoms with E-state index in [1.165, 1.54) is 66.9 Å². The molecule has 0 saturated carbocycles. The first-order valence-electron chi connectivity index (χ1n) is 8.81. The summed E-state index contributed by atoms with van der Waals surface area (Å²) in [5.41, 5.74) is 7.24. The smallest absolute Gasteiger partial charge is 0.188 e. The molecule has 1 aromatic rings. The van der Waals surface area contributed by atoms with Crippen LogP contribution in [0.25, 0.3) is 0 Å². The summed E-state index contributed by atoms with van der Waals surface area (Å²) in [6.07, 6.45) is 12.1. The van der Waals surface area contributed by atoms with Crippen molar-refractivity contribution in [1.29, 1.82) is 0 Å². The van der Waals surface area contributed by atoms with Crippen LogP contribution in [0.3, 0.4) is 0 Å². The Morgan fingerprint density at radius 1 is 1.22 bits per heavy atom. The van der Waals surface area contributed by atoms with Crippen molar-refractivity contribution >= 4 is 41.3 Å². The number of nitrogens with two attached hydrogens (primary N) is 1. The van der Waals surface area contributed by atoms with Gasteiger partial charge in [0, 0.05) is 24.4 Å². The molecule has 0 atom stereocenters. The Hall–Kier alpha value is -0.370. The summed E-state index contributed by atoms with van der Waals surface area (Å²) in [5.74, 6) is 0.593. The summed E-state index contributed by atoms with van der Waals surface area (Å²) < 4.78 is 0. The molecule has 2 rings (SSSR count). The largest absolute Gasteiger partial charge is 0.370 e. The van der Waals surface area contributed by atoms with Gasteiger partial charge in [0.05, 0.1) is 10.7 Å². The van der Waals surface area contributed by atoms with Gasteiger partial charge >= 0.3 is 0 Å². The lowest BCUT2D eigenvalue weighted by Crippen LogP contribution is -2.32. The van der Waals surface area contributed by atoms with Gasteiger partial charge in [-0.25, -0.2) is 4.98 Å². The third-order valence-corrected chi connectivity index (χ3v) is 5.27. The maximum atomic E-state index is 5.87. The normalized spacial score (nSPS) is 14.2. The van der Waals surface area contributed by atoms with E-state index < -0.39 is 0 Å². The number of nitrogens with one attached hydrogen (secondary N) is 1. The van der Waals surface area contributed by atoms with Crippen LogP contribution >= 0.6 is 35.3 Å². The number of aromatic nitrogens is 1. The first-order valence-corrected chi connectivity index (χ1v) is 9.62. The summed E-state index contributed by atoms with van der Waals surface area (Å²) in [6, 6.07) is 0. The minimum atomic E-state index is 0. The monoisotopic (exact) mass is 450 g/mol. The fraction of sp³-hybridized carbons (Fsp3) is 0.765. The number of aryl methyl sites for hydroxylation is 3. The highest BCUT2D eigenvalue weighted by Crippen LogP contribution is 2.27. The van der Waals surface area contributed by atoms with Gasteiger partial charge in [0.2, 0.25) is 0 Å². The Labute approximate surface area is 161 Å². The Morgan fingerprint density at radius 2 is 2.04 bits per heavy atom. The van der Waals surface area contributed by atoms with Gasteiger partial charge in [-0.15, -0.1) is 35.3 Å². The topological polar surface area (TPSA) is 63.3 Å². The Bertz CT molecular complexity index is 450. The predicted octanol–water partition coefficient (Wildman–Crippen LogP) is 4.06. The van der Waals surface area contributed by atoms with Crippen molar-refractivity contribution in [2.24, 2.45) is 10.7 Å². The van der Waals surface area contributed by atoms with Gasteiger partial charge in [-0.1, -0.05) is 26.2 Å². The summed E-state index contributed by atoms with van der Waals surface area (Å²) >= 11 is 1.91. The lowest BCUT2D eigenvalue weighted by Gasteiger charge is -2.06. The number of hydrogen-bond donors (Lipinski definition) is 2. The van der Waals surface area contributed by atoms with Gasteiger partial charge in [-0.05, 0) is 38.5 Å².